The molecule has 0 heterocycles. The molecule has 1 fully saturated rings. The van der Waals surface area contributed by atoms with Gasteiger partial charge in [0.1, 0.15) is 5.75 Å². The van der Waals surface area contributed by atoms with Crippen LogP contribution in [0.3, 0.4) is 0 Å². The molecule has 1 amide bonds. The average molecular weight is 233 g/mol. The number of para-hydroxylation sites is 1. The summed E-state index contributed by atoms with van der Waals surface area (Å²) in [6.45, 7) is 2.52. The van der Waals surface area contributed by atoms with Gasteiger partial charge in [0.05, 0.1) is 5.56 Å². The van der Waals surface area contributed by atoms with E-state index in [0.29, 0.717) is 11.5 Å². The predicted molar refractivity (Wildman–Crippen MR) is 67.1 cm³/mol. The number of phenols is 1. The molecule has 1 saturated carbocycles. The van der Waals surface area contributed by atoms with Crippen molar-refractivity contribution in [1.29, 1.82) is 0 Å². The number of carbonyl (C=O) groups is 1. The molecule has 0 radical (unpaired) electrons. The van der Waals surface area contributed by atoms with Crippen molar-refractivity contribution in [2.75, 3.05) is 6.54 Å². The van der Waals surface area contributed by atoms with Gasteiger partial charge in [0.15, 0.2) is 0 Å². The van der Waals surface area contributed by atoms with E-state index in [1.807, 2.05) is 0 Å². The maximum absolute atomic E-state index is 11.9. The van der Waals surface area contributed by atoms with Crippen molar-refractivity contribution >= 4 is 5.91 Å². The van der Waals surface area contributed by atoms with E-state index < -0.39 is 0 Å². The molecule has 0 atom stereocenters. The second-order valence-corrected chi connectivity index (χ2v) is 4.83. The van der Waals surface area contributed by atoms with Crippen LogP contribution in [0.1, 0.15) is 41.6 Å². The number of aryl methyl sites for hydroxylation is 1. The number of hydrogen-bond donors (Lipinski definition) is 2. The normalized spacial score (nSPS) is 16.1. The van der Waals surface area contributed by atoms with Gasteiger partial charge in [-0.1, -0.05) is 25.0 Å². The molecule has 0 bridgehead atoms. The predicted octanol–water partition coefficient (Wildman–Crippen LogP) is 2.62. The Balaban J connectivity index is 1.97. The van der Waals surface area contributed by atoms with Crippen molar-refractivity contribution in [3.63, 3.8) is 0 Å². The molecule has 0 aromatic heterocycles. The van der Waals surface area contributed by atoms with Crippen LogP contribution in [-0.4, -0.2) is 17.6 Å². The van der Waals surface area contributed by atoms with E-state index in [4.69, 9.17) is 0 Å². The SMILES string of the molecule is Cc1cccc(C(=O)NCC2CCCC2)c1O. The maximum atomic E-state index is 11.9. The summed E-state index contributed by atoms with van der Waals surface area (Å²) in [6.07, 6.45) is 4.96. The lowest BCUT2D eigenvalue weighted by atomic mass is 10.1. The number of aromatic hydroxyl groups is 1. The molecule has 92 valence electrons. The first-order valence-corrected chi connectivity index (χ1v) is 6.25. The second-order valence-electron chi connectivity index (χ2n) is 4.83. The summed E-state index contributed by atoms with van der Waals surface area (Å²) in [4.78, 5) is 11.9. The molecule has 2 rings (SSSR count). The van der Waals surface area contributed by atoms with Crippen LogP contribution in [0.25, 0.3) is 0 Å². The Bertz CT molecular complexity index is 409. The first-order chi connectivity index (χ1) is 8.18. The van der Waals surface area contributed by atoms with Gasteiger partial charge in [-0.3, -0.25) is 4.79 Å². The Morgan fingerprint density at radius 2 is 2.12 bits per heavy atom. The molecule has 0 unspecified atom stereocenters. The minimum Gasteiger partial charge on any atom is -0.507 e. The van der Waals surface area contributed by atoms with Gasteiger partial charge >= 0.3 is 0 Å². The first kappa shape index (κ1) is 12.0. The van der Waals surface area contributed by atoms with Crippen molar-refractivity contribution in [1.82, 2.24) is 5.32 Å². The van der Waals surface area contributed by atoms with Gasteiger partial charge < -0.3 is 10.4 Å². The van der Waals surface area contributed by atoms with Crippen LogP contribution >= 0.6 is 0 Å². The summed E-state index contributed by atoms with van der Waals surface area (Å²) >= 11 is 0. The molecule has 1 aliphatic carbocycles. The lowest BCUT2D eigenvalue weighted by molar-refractivity contribution is 0.0944. The summed E-state index contributed by atoms with van der Waals surface area (Å²) in [7, 11) is 0. The lowest BCUT2D eigenvalue weighted by Crippen LogP contribution is -2.28. The number of hydrogen-bond acceptors (Lipinski definition) is 2. The average Bonchev–Trinajstić information content (AvgIpc) is 2.82. The van der Waals surface area contributed by atoms with Crippen molar-refractivity contribution in [2.45, 2.75) is 32.6 Å². The van der Waals surface area contributed by atoms with E-state index in [1.54, 1.807) is 25.1 Å². The third kappa shape index (κ3) is 2.78. The number of amides is 1. The summed E-state index contributed by atoms with van der Waals surface area (Å²) < 4.78 is 0. The van der Waals surface area contributed by atoms with Crippen molar-refractivity contribution in [2.24, 2.45) is 5.92 Å². The molecular weight excluding hydrogens is 214 g/mol. The monoisotopic (exact) mass is 233 g/mol. The molecule has 2 N–H and O–H groups in total. The highest BCUT2D eigenvalue weighted by atomic mass is 16.3. The third-order valence-electron chi connectivity index (χ3n) is 3.51. The van der Waals surface area contributed by atoms with Crippen LogP contribution in [-0.2, 0) is 0 Å². The van der Waals surface area contributed by atoms with Crippen molar-refractivity contribution in [3.8, 4) is 5.75 Å². The van der Waals surface area contributed by atoms with E-state index in [9.17, 15) is 9.90 Å². The fraction of sp³-hybridized carbons (Fsp3) is 0.500. The molecule has 0 spiro atoms. The minimum atomic E-state index is -0.168. The van der Waals surface area contributed by atoms with E-state index in [-0.39, 0.29) is 11.7 Å². The highest BCUT2D eigenvalue weighted by Gasteiger charge is 2.17. The van der Waals surface area contributed by atoms with Crippen LogP contribution in [0.4, 0.5) is 0 Å². The Labute approximate surface area is 102 Å². The minimum absolute atomic E-state index is 0.0939. The Kier molecular flexibility index (Phi) is 3.67. The van der Waals surface area contributed by atoms with Gasteiger partial charge in [0.25, 0.3) is 5.91 Å². The van der Waals surface area contributed by atoms with Gasteiger partial charge in [-0.2, -0.15) is 0 Å². The topological polar surface area (TPSA) is 49.3 Å². The summed E-state index contributed by atoms with van der Waals surface area (Å²) in [5, 5.41) is 12.7. The van der Waals surface area contributed by atoms with Gasteiger partial charge in [0.2, 0.25) is 0 Å². The smallest absolute Gasteiger partial charge is 0.255 e. The van der Waals surface area contributed by atoms with Crippen molar-refractivity contribution < 1.29 is 9.90 Å². The molecule has 1 aromatic rings. The number of carbonyl (C=O) groups excluding carboxylic acids is 1. The zero-order chi connectivity index (χ0) is 12.3. The standard InChI is InChI=1S/C14H19NO2/c1-10-5-4-8-12(13(10)16)14(17)15-9-11-6-2-3-7-11/h4-5,8,11,16H,2-3,6-7,9H2,1H3,(H,15,17). The molecule has 1 aliphatic rings. The van der Waals surface area contributed by atoms with Gasteiger partial charge in [-0.15, -0.1) is 0 Å². The van der Waals surface area contributed by atoms with Crippen LogP contribution in [0.15, 0.2) is 18.2 Å². The first-order valence-electron chi connectivity index (χ1n) is 6.25. The quantitative estimate of drug-likeness (QED) is 0.843. The Hall–Kier alpha value is -1.51. The van der Waals surface area contributed by atoms with E-state index in [0.717, 1.165) is 12.1 Å². The summed E-state index contributed by atoms with van der Waals surface area (Å²) in [6, 6.07) is 5.24. The highest BCUT2D eigenvalue weighted by molar-refractivity contribution is 5.97. The van der Waals surface area contributed by atoms with Gasteiger partial charge in [-0.05, 0) is 37.3 Å². The van der Waals surface area contributed by atoms with E-state index in [2.05, 4.69) is 5.32 Å². The number of benzene rings is 1. The van der Waals surface area contributed by atoms with E-state index in [1.165, 1.54) is 25.7 Å². The fourth-order valence-corrected chi connectivity index (χ4v) is 2.39. The lowest BCUT2D eigenvalue weighted by Gasteiger charge is -2.12. The maximum Gasteiger partial charge on any atom is 0.255 e. The highest BCUT2D eigenvalue weighted by Crippen LogP contribution is 2.24. The fourth-order valence-electron chi connectivity index (χ4n) is 2.39. The Morgan fingerprint density at radius 1 is 1.41 bits per heavy atom. The summed E-state index contributed by atoms with van der Waals surface area (Å²) in [5.74, 6) is 0.542. The molecule has 0 saturated heterocycles. The summed E-state index contributed by atoms with van der Waals surface area (Å²) in [5.41, 5.74) is 1.11. The molecule has 17 heavy (non-hydrogen) atoms. The molecular formula is C14H19NO2. The molecule has 0 aliphatic heterocycles. The third-order valence-corrected chi connectivity index (χ3v) is 3.51. The number of rotatable bonds is 3. The molecule has 3 nitrogen and oxygen atoms in total. The van der Waals surface area contributed by atoms with Crippen LogP contribution in [0.2, 0.25) is 0 Å². The van der Waals surface area contributed by atoms with Crippen LogP contribution in [0.5, 0.6) is 5.75 Å². The largest absolute Gasteiger partial charge is 0.507 e. The van der Waals surface area contributed by atoms with E-state index >= 15 is 0 Å². The molecule has 3 heteroatoms. The number of nitrogens with one attached hydrogen (secondary N) is 1. The Morgan fingerprint density at radius 3 is 2.82 bits per heavy atom. The van der Waals surface area contributed by atoms with Crippen molar-refractivity contribution in [3.05, 3.63) is 29.3 Å². The number of phenolic OH excluding ortho intramolecular Hbond substituents is 1. The zero-order valence-corrected chi connectivity index (χ0v) is 10.2. The van der Waals surface area contributed by atoms with Gasteiger partial charge in [0, 0.05) is 6.54 Å². The molecule has 1 aromatic carbocycles. The second kappa shape index (κ2) is 5.21. The van der Waals surface area contributed by atoms with Crippen LogP contribution in [0, 0.1) is 12.8 Å². The van der Waals surface area contributed by atoms with Crippen LogP contribution < -0.4 is 5.32 Å². The van der Waals surface area contributed by atoms with Gasteiger partial charge in [-0.25, -0.2) is 0 Å². The zero-order valence-electron chi connectivity index (χ0n) is 10.2.